The Bertz CT molecular complexity index is 518. The van der Waals surface area contributed by atoms with Gasteiger partial charge in [-0.25, -0.2) is 4.98 Å². The lowest BCUT2D eigenvalue weighted by molar-refractivity contribution is 0.568. The Labute approximate surface area is 112 Å². The lowest BCUT2D eigenvalue weighted by atomic mass is 9.91. The van der Waals surface area contributed by atoms with Crippen LogP contribution in [0.5, 0.6) is 0 Å². The normalized spacial score (nSPS) is 11.5. The van der Waals surface area contributed by atoms with Gasteiger partial charge in [0.05, 0.1) is 11.9 Å². The highest BCUT2D eigenvalue weighted by atomic mass is 32.1. The Balaban J connectivity index is 2.05. The summed E-state index contributed by atoms with van der Waals surface area (Å²) in [5, 5.41) is 5.50. The number of pyridine rings is 1. The molecule has 18 heavy (non-hydrogen) atoms. The second kappa shape index (κ2) is 4.98. The van der Waals surface area contributed by atoms with Gasteiger partial charge in [-0.2, -0.15) is 0 Å². The smallest absolute Gasteiger partial charge is 0.126 e. The van der Waals surface area contributed by atoms with Crippen LogP contribution in [0.1, 0.15) is 24.3 Å². The van der Waals surface area contributed by atoms with Gasteiger partial charge in [-0.15, -0.1) is 11.3 Å². The van der Waals surface area contributed by atoms with Crippen molar-refractivity contribution < 1.29 is 0 Å². The maximum atomic E-state index is 5.76. The standard InChI is InChI=1S/C14H19N3S/c1-10-7-13(16-8-11(10)15)17-9-14(2,3)12-5-4-6-18-12/h4-8H,9,15H2,1-3H3,(H,16,17). The average Bonchev–Trinajstić information content (AvgIpc) is 2.85. The van der Waals surface area contributed by atoms with Crippen molar-refractivity contribution in [2.45, 2.75) is 26.2 Å². The molecule has 0 aliphatic heterocycles. The molecule has 3 N–H and O–H groups in total. The number of thiophene rings is 1. The molecule has 0 unspecified atom stereocenters. The van der Waals surface area contributed by atoms with E-state index in [-0.39, 0.29) is 5.41 Å². The Morgan fingerprint density at radius 2 is 2.22 bits per heavy atom. The van der Waals surface area contributed by atoms with Crippen molar-refractivity contribution in [1.29, 1.82) is 0 Å². The third-order valence-electron chi connectivity index (χ3n) is 3.05. The molecule has 0 saturated heterocycles. The Hall–Kier alpha value is -1.55. The Kier molecular flexibility index (Phi) is 3.57. The number of nitrogens with two attached hydrogens (primary N) is 1. The molecular formula is C14H19N3S. The summed E-state index contributed by atoms with van der Waals surface area (Å²) in [7, 11) is 0. The number of nitrogens with zero attached hydrogens (tertiary/aromatic N) is 1. The summed E-state index contributed by atoms with van der Waals surface area (Å²) in [6.07, 6.45) is 1.70. The van der Waals surface area contributed by atoms with Crippen molar-refractivity contribution in [3.63, 3.8) is 0 Å². The van der Waals surface area contributed by atoms with E-state index < -0.39 is 0 Å². The largest absolute Gasteiger partial charge is 0.397 e. The first-order chi connectivity index (χ1) is 8.49. The summed E-state index contributed by atoms with van der Waals surface area (Å²) in [6, 6.07) is 6.25. The maximum Gasteiger partial charge on any atom is 0.126 e. The molecule has 0 spiro atoms. The second-order valence-corrected chi connectivity index (χ2v) is 6.09. The zero-order valence-corrected chi connectivity index (χ0v) is 11.8. The van der Waals surface area contributed by atoms with Crippen molar-refractivity contribution in [2.24, 2.45) is 0 Å². The quantitative estimate of drug-likeness (QED) is 0.886. The Morgan fingerprint density at radius 3 is 2.83 bits per heavy atom. The number of nitrogen functional groups attached to an aromatic ring is 1. The molecule has 3 nitrogen and oxygen atoms in total. The molecule has 0 bridgehead atoms. The van der Waals surface area contributed by atoms with Crippen molar-refractivity contribution in [3.8, 4) is 0 Å². The van der Waals surface area contributed by atoms with Crippen LogP contribution in [0.2, 0.25) is 0 Å². The molecule has 2 rings (SSSR count). The van der Waals surface area contributed by atoms with Crippen LogP contribution >= 0.6 is 11.3 Å². The first-order valence-corrected chi connectivity index (χ1v) is 6.87. The van der Waals surface area contributed by atoms with E-state index in [1.54, 1.807) is 17.5 Å². The van der Waals surface area contributed by atoms with Gasteiger partial charge < -0.3 is 11.1 Å². The van der Waals surface area contributed by atoms with Gasteiger partial charge in [0.1, 0.15) is 5.82 Å². The highest BCUT2D eigenvalue weighted by Gasteiger charge is 2.21. The predicted molar refractivity (Wildman–Crippen MR) is 79.2 cm³/mol. The van der Waals surface area contributed by atoms with Crippen molar-refractivity contribution >= 4 is 22.8 Å². The summed E-state index contributed by atoms with van der Waals surface area (Å²) in [6.45, 7) is 7.31. The highest BCUT2D eigenvalue weighted by molar-refractivity contribution is 7.10. The lowest BCUT2D eigenvalue weighted by Gasteiger charge is -2.24. The van der Waals surface area contributed by atoms with Crippen LogP contribution in [0.15, 0.2) is 29.8 Å². The van der Waals surface area contributed by atoms with Crippen LogP contribution in [0.3, 0.4) is 0 Å². The van der Waals surface area contributed by atoms with Gasteiger partial charge in [-0.1, -0.05) is 19.9 Å². The topological polar surface area (TPSA) is 50.9 Å². The minimum Gasteiger partial charge on any atom is -0.397 e. The SMILES string of the molecule is Cc1cc(NCC(C)(C)c2cccs2)ncc1N. The molecule has 0 aromatic carbocycles. The summed E-state index contributed by atoms with van der Waals surface area (Å²) >= 11 is 1.79. The van der Waals surface area contributed by atoms with Gasteiger partial charge in [0.15, 0.2) is 0 Å². The maximum absolute atomic E-state index is 5.76. The molecule has 2 aromatic heterocycles. The zero-order valence-electron chi connectivity index (χ0n) is 11.0. The van der Waals surface area contributed by atoms with E-state index in [2.05, 4.69) is 41.7 Å². The van der Waals surface area contributed by atoms with E-state index in [0.29, 0.717) is 0 Å². The summed E-state index contributed by atoms with van der Waals surface area (Å²) in [5.41, 5.74) is 7.65. The van der Waals surface area contributed by atoms with E-state index in [9.17, 15) is 0 Å². The minimum absolute atomic E-state index is 0.102. The Morgan fingerprint density at radius 1 is 1.44 bits per heavy atom. The van der Waals surface area contributed by atoms with Crippen LogP contribution in [0, 0.1) is 6.92 Å². The summed E-state index contributed by atoms with van der Waals surface area (Å²) in [5.74, 6) is 0.881. The van der Waals surface area contributed by atoms with Crippen molar-refractivity contribution in [2.75, 3.05) is 17.6 Å². The number of rotatable bonds is 4. The van der Waals surface area contributed by atoms with Crippen LogP contribution in [-0.4, -0.2) is 11.5 Å². The fraction of sp³-hybridized carbons (Fsp3) is 0.357. The fourth-order valence-corrected chi connectivity index (χ4v) is 2.58. The molecule has 96 valence electrons. The summed E-state index contributed by atoms with van der Waals surface area (Å²) in [4.78, 5) is 5.67. The second-order valence-electron chi connectivity index (χ2n) is 5.14. The molecule has 0 aliphatic carbocycles. The number of hydrogen-bond acceptors (Lipinski definition) is 4. The first kappa shape index (κ1) is 12.9. The predicted octanol–water partition coefficient (Wildman–Crippen LogP) is 3.42. The van der Waals surface area contributed by atoms with E-state index in [1.165, 1.54) is 4.88 Å². The van der Waals surface area contributed by atoms with E-state index in [0.717, 1.165) is 23.6 Å². The summed E-state index contributed by atoms with van der Waals surface area (Å²) < 4.78 is 0. The number of aromatic nitrogens is 1. The van der Waals surface area contributed by atoms with Crippen LogP contribution < -0.4 is 11.1 Å². The molecule has 0 fully saturated rings. The number of nitrogens with one attached hydrogen (secondary N) is 1. The minimum atomic E-state index is 0.102. The molecule has 0 amide bonds. The van der Waals surface area contributed by atoms with Crippen LogP contribution in [-0.2, 0) is 5.41 Å². The average molecular weight is 261 g/mol. The van der Waals surface area contributed by atoms with Gasteiger partial charge in [0.25, 0.3) is 0 Å². The molecule has 0 aliphatic rings. The highest BCUT2D eigenvalue weighted by Crippen LogP contribution is 2.27. The van der Waals surface area contributed by atoms with Gasteiger partial charge in [0, 0.05) is 16.8 Å². The van der Waals surface area contributed by atoms with Gasteiger partial charge >= 0.3 is 0 Å². The van der Waals surface area contributed by atoms with Crippen molar-refractivity contribution in [3.05, 3.63) is 40.2 Å². The van der Waals surface area contributed by atoms with Gasteiger partial charge in [0.2, 0.25) is 0 Å². The molecule has 0 saturated carbocycles. The van der Waals surface area contributed by atoms with E-state index in [4.69, 9.17) is 5.73 Å². The number of anilines is 2. The fourth-order valence-electron chi connectivity index (χ4n) is 1.73. The molecular weight excluding hydrogens is 242 g/mol. The third-order valence-corrected chi connectivity index (χ3v) is 4.29. The third kappa shape index (κ3) is 2.82. The monoisotopic (exact) mass is 261 g/mol. The zero-order chi connectivity index (χ0) is 13.2. The molecule has 4 heteroatoms. The van der Waals surface area contributed by atoms with Gasteiger partial charge in [-0.05, 0) is 30.0 Å². The first-order valence-electron chi connectivity index (χ1n) is 5.99. The lowest BCUT2D eigenvalue weighted by Crippen LogP contribution is -2.26. The molecule has 0 radical (unpaired) electrons. The van der Waals surface area contributed by atoms with Crippen LogP contribution in [0.25, 0.3) is 0 Å². The number of hydrogen-bond donors (Lipinski definition) is 2. The molecule has 2 aromatic rings. The van der Waals surface area contributed by atoms with Crippen LogP contribution in [0.4, 0.5) is 11.5 Å². The van der Waals surface area contributed by atoms with E-state index >= 15 is 0 Å². The number of aryl methyl sites for hydroxylation is 1. The molecule has 0 atom stereocenters. The van der Waals surface area contributed by atoms with E-state index in [1.807, 2.05) is 13.0 Å². The molecule has 2 heterocycles. The van der Waals surface area contributed by atoms with Crippen molar-refractivity contribution in [1.82, 2.24) is 4.98 Å². The van der Waals surface area contributed by atoms with Gasteiger partial charge in [-0.3, -0.25) is 0 Å².